The molecule has 1 aromatic rings. The number of para-hydroxylation sites is 2. The van der Waals surface area contributed by atoms with E-state index >= 15 is 0 Å². The number of nitrogens with one attached hydrogen (secondary N) is 1. The average Bonchev–Trinajstić information content (AvgIpc) is 2.40. The normalized spacial score (nSPS) is 22.8. The number of likely N-dealkylation sites (tertiary alicyclic amines) is 1. The molecular weight excluding hydrogens is 264 g/mol. The largest absolute Gasteiger partial charge is 0.492 e. The zero-order valence-corrected chi connectivity index (χ0v) is 13.3. The van der Waals surface area contributed by atoms with Gasteiger partial charge in [-0.15, -0.1) is 0 Å². The lowest BCUT2D eigenvalue weighted by molar-refractivity contribution is -0.117. The molecular formula is C17H26N2O2. The fourth-order valence-corrected chi connectivity index (χ4v) is 3.17. The number of rotatable bonds is 5. The van der Waals surface area contributed by atoms with Crippen molar-refractivity contribution in [3.05, 3.63) is 24.3 Å². The number of benzene rings is 1. The molecule has 0 radical (unpaired) electrons. The molecule has 2 atom stereocenters. The summed E-state index contributed by atoms with van der Waals surface area (Å²) >= 11 is 0. The van der Waals surface area contributed by atoms with Crippen molar-refractivity contribution in [2.75, 3.05) is 31.6 Å². The second-order valence-corrected chi connectivity index (χ2v) is 6.12. The van der Waals surface area contributed by atoms with Crippen LogP contribution in [0.1, 0.15) is 27.2 Å². The summed E-state index contributed by atoms with van der Waals surface area (Å²) in [7, 11) is 0. The molecule has 1 heterocycles. The highest BCUT2D eigenvalue weighted by atomic mass is 16.5. The van der Waals surface area contributed by atoms with Gasteiger partial charge in [0.15, 0.2) is 0 Å². The van der Waals surface area contributed by atoms with Gasteiger partial charge in [0.05, 0.1) is 18.8 Å². The molecule has 0 unspecified atom stereocenters. The number of hydrogen-bond acceptors (Lipinski definition) is 3. The van der Waals surface area contributed by atoms with Crippen LogP contribution < -0.4 is 10.1 Å². The molecule has 0 spiro atoms. The Bertz CT molecular complexity index is 466. The first-order valence-electron chi connectivity index (χ1n) is 7.82. The minimum Gasteiger partial charge on any atom is -0.492 e. The van der Waals surface area contributed by atoms with Crippen LogP contribution in [0, 0.1) is 11.8 Å². The fraction of sp³-hybridized carbons (Fsp3) is 0.588. The van der Waals surface area contributed by atoms with Crippen LogP contribution >= 0.6 is 0 Å². The van der Waals surface area contributed by atoms with E-state index in [1.807, 2.05) is 31.2 Å². The maximum atomic E-state index is 12.2. The average molecular weight is 290 g/mol. The molecule has 1 aromatic carbocycles. The summed E-state index contributed by atoms with van der Waals surface area (Å²) in [4.78, 5) is 14.5. The Morgan fingerprint density at radius 3 is 2.62 bits per heavy atom. The van der Waals surface area contributed by atoms with Crippen LogP contribution in [-0.2, 0) is 4.79 Å². The molecule has 116 valence electrons. The third-order valence-corrected chi connectivity index (χ3v) is 3.77. The molecule has 4 heteroatoms. The highest BCUT2D eigenvalue weighted by Gasteiger charge is 2.23. The third-order valence-electron chi connectivity index (χ3n) is 3.77. The van der Waals surface area contributed by atoms with Crippen molar-refractivity contribution in [3.8, 4) is 5.75 Å². The van der Waals surface area contributed by atoms with Gasteiger partial charge in [0.2, 0.25) is 5.91 Å². The Labute approximate surface area is 127 Å². The minimum absolute atomic E-state index is 0.0310. The third kappa shape index (κ3) is 4.74. The number of nitrogens with zero attached hydrogens (tertiary/aromatic N) is 1. The summed E-state index contributed by atoms with van der Waals surface area (Å²) in [5.74, 6) is 2.09. The summed E-state index contributed by atoms with van der Waals surface area (Å²) in [5.41, 5.74) is 0.752. The van der Waals surface area contributed by atoms with Gasteiger partial charge in [0.1, 0.15) is 5.75 Å². The van der Waals surface area contributed by atoms with E-state index in [1.54, 1.807) is 0 Å². The Morgan fingerprint density at radius 1 is 1.29 bits per heavy atom. The maximum Gasteiger partial charge on any atom is 0.238 e. The van der Waals surface area contributed by atoms with E-state index in [9.17, 15) is 4.79 Å². The maximum absolute atomic E-state index is 12.2. The van der Waals surface area contributed by atoms with Gasteiger partial charge in [0, 0.05) is 13.1 Å². The molecule has 0 bridgehead atoms. The molecule has 1 fully saturated rings. The zero-order valence-electron chi connectivity index (χ0n) is 13.3. The Morgan fingerprint density at radius 2 is 1.95 bits per heavy atom. The highest BCUT2D eigenvalue weighted by molar-refractivity contribution is 5.93. The highest BCUT2D eigenvalue weighted by Crippen LogP contribution is 2.24. The summed E-state index contributed by atoms with van der Waals surface area (Å²) < 4.78 is 5.53. The molecule has 1 amide bonds. The molecule has 1 aliphatic heterocycles. The van der Waals surface area contributed by atoms with E-state index in [1.165, 1.54) is 6.42 Å². The SMILES string of the molecule is CCOc1ccccc1NC(=O)CN1C[C@H](C)C[C@H](C)C1. The van der Waals surface area contributed by atoms with Gasteiger partial charge in [-0.2, -0.15) is 0 Å². The smallest absolute Gasteiger partial charge is 0.238 e. The lowest BCUT2D eigenvalue weighted by Crippen LogP contribution is -2.42. The molecule has 1 aliphatic rings. The Kier molecular flexibility index (Phi) is 5.62. The monoisotopic (exact) mass is 290 g/mol. The first-order chi connectivity index (χ1) is 10.1. The van der Waals surface area contributed by atoms with Crippen LogP contribution in [0.2, 0.25) is 0 Å². The van der Waals surface area contributed by atoms with E-state index in [2.05, 4.69) is 24.1 Å². The number of carbonyl (C=O) groups excluding carboxylic acids is 1. The van der Waals surface area contributed by atoms with Crippen LogP contribution in [0.15, 0.2) is 24.3 Å². The fourth-order valence-electron chi connectivity index (χ4n) is 3.17. The van der Waals surface area contributed by atoms with Crippen LogP contribution in [0.3, 0.4) is 0 Å². The molecule has 0 aromatic heterocycles. The van der Waals surface area contributed by atoms with Crippen molar-refractivity contribution in [1.29, 1.82) is 0 Å². The number of hydrogen-bond donors (Lipinski definition) is 1. The summed E-state index contributed by atoms with van der Waals surface area (Å²) in [5, 5.41) is 2.97. The standard InChI is InChI=1S/C17H26N2O2/c1-4-21-16-8-6-5-7-15(16)18-17(20)12-19-10-13(2)9-14(3)11-19/h5-8,13-14H,4,9-12H2,1-3H3,(H,18,20)/t13-,14+. The number of amides is 1. The molecule has 0 saturated carbocycles. The van der Waals surface area contributed by atoms with E-state index in [4.69, 9.17) is 4.74 Å². The van der Waals surface area contributed by atoms with Crippen LogP contribution in [-0.4, -0.2) is 37.0 Å². The van der Waals surface area contributed by atoms with E-state index < -0.39 is 0 Å². The Balaban J connectivity index is 1.92. The predicted molar refractivity (Wildman–Crippen MR) is 85.6 cm³/mol. The topological polar surface area (TPSA) is 41.6 Å². The van der Waals surface area contributed by atoms with E-state index in [0.29, 0.717) is 25.0 Å². The van der Waals surface area contributed by atoms with Gasteiger partial charge in [-0.25, -0.2) is 0 Å². The summed E-state index contributed by atoms with van der Waals surface area (Å²) in [6.07, 6.45) is 1.26. The molecule has 0 aliphatic carbocycles. The first kappa shape index (κ1) is 15.8. The number of carbonyl (C=O) groups is 1. The second kappa shape index (κ2) is 7.46. The van der Waals surface area contributed by atoms with Crippen LogP contribution in [0.25, 0.3) is 0 Å². The van der Waals surface area contributed by atoms with Crippen LogP contribution in [0.4, 0.5) is 5.69 Å². The number of ether oxygens (including phenoxy) is 1. The van der Waals surface area contributed by atoms with Gasteiger partial charge < -0.3 is 10.1 Å². The zero-order chi connectivity index (χ0) is 15.2. The van der Waals surface area contributed by atoms with Crippen LogP contribution in [0.5, 0.6) is 5.75 Å². The summed E-state index contributed by atoms with van der Waals surface area (Å²) in [6.45, 7) is 9.50. The van der Waals surface area contributed by atoms with Crippen molar-refractivity contribution < 1.29 is 9.53 Å². The van der Waals surface area contributed by atoms with Gasteiger partial charge in [-0.05, 0) is 37.3 Å². The molecule has 1 N–H and O–H groups in total. The van der Waals surface area contributed by atoms with Gasteiger partial charge in [-0.3, -0.25) is 9.69 Å². The van der Waals surface area contributed by atoms with Crippen molar-refractivity contribution in [2.24, 2.45) is 11.8 Å². The number of anilines is 1. The van der Waals surface area contributed by atoms with Crippen molar-refractivity contribution >= 4 is 11.6 Å². The molecule has 4 nitrogen and oxygen atoms in total. The second-order valence-electron chi connectivity index (χ2n) is 6.12. The van der Waals surface area contributed by atoms with E-state index in [-0.39, 0.29) is 5.91 Å². The molecule has 1 saturated heterocycles. The lowest BCUT2D eigenvalue weighted by Gasteiger charge is -2.34. The number of piperidine rings is 1. The molecule has 21 heavy (non-hydrogen) atoms. The van der Waals surface area contributed by atoms with Gasteiger partial charge in [-0.1, -0.05) is 26.0 Å². The summed E-state index contributed by atoms with van der Waals surface area (Å²) in [6, 6.07) is 7.58. The van der Waals surface area contributed by atoms with Crippen molar-refractivity contribution in [2.45, 2.75) is 27.2 Å². The van der Waals surface area contributed by atoms with Gasteiger partial charge >= 0.3 is 0 Å². The van der Waals surface area contributed by atoms with E-state index in [0.717, 1.165) is 24.5 Å². The first-order valence-corrected chi connectivity index (χ1v) is 7.82. The minimum atomic E-state index is 0.0310. The molecule has 2 rings (SSSR count). The van der Waals surface area contributed by atoms with Crippen molar-refractivity contribution in [3.63, 3.8) is 0 Å². The predicted octanol–water partition coefficient (Wildman–Crippen LogP) is 3.00. The van der Waals surface area contributed by atoms with Crippen molar-refractivity contribution in [1.82, 2.24) is 4.90 Å². The quantitative estimate of drug-likeness (QED) is 0.906. The van der Waals surface area contributed by atoms with Gasteiger partial charge in [0.25, 0.3) is 0 Å². The Hall–Kier alpha value is -1.55. The lowest BCUT2D eigenvalue weighted by atomic mass is 9.92.